The lowest BCUT2D eigenvalue weighted by atomic mass is 10.2. The van der Waals surface area contributed by atoms with Crippen LogP contribution in [-0.4, -0.2) is 9.90 Å². The molecule has 1 heterocycles. The number of alkyl halides is 1. The summed E-state index contributed by atoms with van der Waals surface area (Å²) in [5, 5.41) is 3.04. The van der Waals surface area contributed by atoms with Gasteiger partial charge in [0.15, 0.2) is 0 Å². The Bertz CT molecular complexity index is 464. The highest BCUT2D eigenvalue weighted by Crippen LogP contribution is 2.21. The van der Waals surface area contributed by atoms with Gasteiger partial charge in [-0.15, -0.1) is 0 Å². The fraction of sp³-hybridized carbons (Fsp3) is 0.333. The number of rotatable bonds is 3. The molecule has 1 atom stereocenters. The summed E-state index contributed by atoms with van der Waals surface area (Å²) in [4.78, 5) is 0. The molecule has 0 bridgehead atoms. The van der Waals surface area contributed by atoms with Crippen LogP contribution in [-0.2, 0) is 6.54 Å². The summed E-state index contributed by atoms with van der Waals surface area (Å²) in [7, 11) is 0. The van der Waals surface area contributed by atoms with E-state index in [4.69, 9.17) is 11.6 Å². The first-order valence-electron chi connectivity index (χ1n) is 5.01. The Hall–Kier alpha value is -0.470. The van der Waals surface area contributed by atoms with E-state index in [9.17, 15) is 0 Å². The van der Waals surface area contributed by atoms with Crippen LogP contribution in [0.1, 0.15) is 6.92 Å². The zero-order valence-electron chi connectivity index (χ0n) is 8.58. The summed E-state index contributed by atoms with van der Waals surface area (Å²) in [6.07, 6.45) is 2.13. The Labute approximate surface area is 103 Å². The SMILES string of the molecule is CC(CBr)Cn1ccc2cc(Cl)ccc21. The smallest absolute Gasteiger partial charge is 0.0481 e. The molecule has 1 nitrogen and oxygen atoms in total. The topological polar surface area (TPSA) is 4.93 Å². The first kappa shape index (κ1) is 11.0. The van der Waals surface area contributed by atoms with Crippen molar-refractivity contribution in [3.05, 3.63) is 35.5 Å². The van der Waals surface area contributed by atoms with Crippen molar-refractivity contribution in [2.24, 2.45) is 5.92 Å². The van der Waals surface area contributed by atoms with Gasteiger partial charge >= 0.3 is 0 Å². The molecule has 0 fully saturated rings. The van der Waals surface area contributed by atoms with Crippen LogP contribution >= 0.6 is 27.5 Å². The van der Waals surface area contributed by atoms with Crippen LogP contribution in [0.25, 0.3) is 10.9 Å². The molecule has 0 N–H and O–H groups in total. The molecule has 0 saturated carbocycles. The highest BCUT2D eigenvalue weighted by molar-refractivity contribution is 9.09. The molecule has 15 heavy (non-hydrogen) atoms. The summed E-state index contributed by atoms with van der Waals surface area (Å²) < 4.78 is 2.28. The van der Waals surface area contributed by atoms with Gasteiger partial charge in [-0.3, -0.25) is 0 Å². The first-order chi connectivity index (χ1) is 7.20. The minimum Gasteiger partial charge on any atom is -0.347 e. The second-order valence-electron chi connectivity index (χ2n) is 3.93. The summed E-state index contributed by atoms with van der Waals surface area (Å²) in [5.41, 5.74) is 1.26. The summed E-state index contributed by atoms with van der Waals surface area (Å²) >= 11 is 9.45. The second kappa shape index (κ2) is 4.58. The zero-order chi connectivity index (χ0) is 10.8. The zero-order valence-corrected chi connectivity index (χ0v) is 10.9. The van der Waals surface area contributed by atoms with Crippen molar-refractivity contribution in [2.75, 3.05) is 5.33 Å². The van der Waals surface area contributed by atoms with Gasteiger partial charge in [0.05, 0.1) is 0 Å². The van der Waals surface area contributed by atoms with E-state index in [1.54, 1.807) is 0 Å². The number of aromatic nitrogens is 1. The molecule has 1 aromatic heterocycles. The van der Waals surface area contributed by atoms with E-state index in [0.717, 1.165) is 16.9 Å². The van der Waals surface area contributed by atoms with Crippen molar-refractivity contribution < 1.29 is 0 Å². The fourth-order valence-corrected chi connectivity index (χ4v) is 2.10. The monoisotopic (exact) mass is 285 g/mol. The van der Waals surface area contributed by atoms with E-state index in [2.05, 4.69) is 45.8 Å². The maximum absolute atomic E-state index is 5.94. The molecule has 0 aliphatic carbocycles. The summed E-state index contributed by atoms with van der Waals surface area (Å²) in [5.74, 6) is 0.635. The van der Waals surface area contributed by atoms with Crippen LogP contribution in [0.4, 0.5) is 0 Å². The standard InChI is InChI=1S/C12H13BrClN/c1-9(7-13)8-15-5-4-10-6-11(14)2-3-12(10)15/h2-6,9H,7-8H2,1H3. The van der Waals surface area contributed by atoms with E-state index in [-0.39, 0.29) is 0 Å². The van der Waals surface area contributed by atoms with Gasteiger partial charge < -0.3 is 4.57 Å². The van der Waals surface area contributed by atoms with Crippen molar-refractivity contribution in [2.45, 2.75) is 13.5 Å². The maximum Gasteiger partial charge on any atom is 0.0481 e. The van der Waals surface area contributed by atoms with Crippen molar-refractivity contribution in [3.63, 3.8) is 0 Å². The van der Waals surface area contributed by atoms with Gasteiger partial charge in [0.25, 0.3) is 0 Å². The number of fused-ring (bicyclic) bond motifs is 1. The molecule has 80 valence electrons. The van der Waals surface area contributed by atoms with Gasteiger partial charge in [-0.05, 0) is 30.2 Å². The molecule has 0 aliphatic heterocycles. The molecule has 2 aromatic rings. The molecule has 0 spiro atoms. The fourth-order valence-electron chi connectivity index (χ4n) is 1.71. The Morgan fingerprint density at radius 2 is 2.20 bits per heavy atom. The Morgan fingerprint density at radius 1 is 1.40 bits per heavy atom. The van der Waals surface area contributed by atoms with E-state index in [0.29, 0.717) is 5.92 Å². The molecule has 2 rings (SSSR count). The van der Waals surface area contributed by atoms with Gasteiger partial charge in [-0.1, -0.05) is 34.5 Å². The third-order valence-electron chi connectivity index (χ3n) is 2.50. The predicted molar refractivity (Wildman–Crippen MR) is 69.9 cm³/mol. The second-order valence-corrected chi connectivity index (χ2v) is 5.01. The third kappa shape index (κ3) is 2.37. The molecule has 0 amide bonds. The average molecular weight is 287 g/mol. The van der Waals surface area contributed by atoms with Crippen LogP contribution in [0.3, 0.4) is 0 Å². The molecule has 0 saturated heterocycles. The number of nitrogens with zero attached hydrogens (tertiary/aromatic N) is 1. The Kier molecular flexibility index (Phi) is 3.37. The van der Waals surface area contributed by atoms with Crippen molar-refractivity contribution in [1.29, 1.82) is 0 Å². The minimum atomic E-state index is 0.635. The van der Waals surface area contributed by atoms with Gasteiger partial charge in [-0.2, -0.15) is 0 Å². The molecule has 1 unspecified atom stereocenters. The molecule has 1 aromatic carbocycles. The van der Waals surface area contributed by atoms with Crippen LogP contribution in [0.2, 0.25) is 5.02 Å². The van der Waals surface area contributed by atoms with E-state index in [1.807, 2.05) is 12.1 Å². The number of hydrogen-bond acceptors (Lipinski definition) is 0. The molecule has 0 radical (unpaired) electrons. The number of halogens is 2. The summed E-state index contributed by atoms with van der Waals surface area (Å²) in [6.45, 7) is 3.27. The highest BCUT2D eigenvalue weighted by atomic mass is 79.9. The van der Waals surface area contributed by atoms with E-state index in [1.165, 1.54) is 10.9 Å². The normalized spacial score (nSPS) is 13.3. The third-order valence-corrected chi connectivity index (χ3v) is 3.85. The van der Waals surface area contributed by atoms with Crippen LogP contribution < -0.4 is 0 Å². The Balaban J connectivity index is 2.36. The molecular weight excluding hydrogens is 273 g/mol. The lowest BCUT2D eigenvalue weighted by Crippen LogP contribution is -2.07. The maximum atomic E-state index is 5.94. The highest BCUT2D eigenvalue weighted by Gasteiger charge is 2.05. The van der Waals surface area contributed by atoms with Gasteiger partial charge in [-0.25, -0.2) is 0 Å². The Morgan fingerprint density at radius 3 is 2.93 bits per heavy atom. The largest absolute Gasteiger partial charge is 0.347 e. The van der Waals surface area contributed by atoms with Crippen molar-refractivity contribution in [3.8, 4) is 0 Å². The minimum absolute atomic E-state index is 0.635. The lowest BCUT2D eigenvalue weighted by molar-refractivity contribution is 0.546. The van der Waals surface area contributed by atoms with E-state index < -0.39 is 0 Å². The van der Waals surface area contributed by atoms with Crippen LogP contribution in [0, 0.1) is 5.92 Å². The lowest BCUT2D eigenvalue weighted by Gasteiger charge is -2.10. The number of benzene rings is 1. The van der Waals surface area contributed by atoms with Crippen LogP contribution in [0.5, 0.6) is 0 Å². The van der Waals surface area contributed by atoms with E-state index >= 15 is 0 Å². The van der Waals surface area contributed by atoms with Crippen molar-refractivity contribution >= 4 is 38.4 Å². The summed E-state index contributed by atoms with van der Waals surface area (Å²) in [6, 6.07) is 8.15. The quantitative estimate of drug-likeness (QED) is 0.740. The van der Waals surface area contributed by atoms with Gasteiger partial charge in [0, 0.05) is 34.0 Å². The molecule has 0 aliphatic rings. The predicted octanol–water partition coefficient (Wildman–Crippen LogP) is 4.33. The first-order valence-corrected chi connectivity index (χ1v) is 6.51. The number of hydrogen-bond donors (Lipinski definition) is 0. The van der Waals surface area contributed by atoms with Crippen molar-refractivity contribution in [1.82, 2.24) is 4.57 Å². The molecular formula is C12H13BrClN. The molecule has 3 heteroatoms. The average Bonchev–Trinajstić information content (AvgIpc) is 2.60. The van der Waals surface area contributed by atoms with Gasteiger partial charge in [0.1, 0.15) is 0 Å². The van der Waals surface area contributed by atoms with Gasteiger partial charge in [0.2, 0.25) is 0 Å². The van der Waals surface area contributed by atoms with Crippen LogP contribution in [0.15, 0.2) is 30.5 Å².